The van der Waals surface area contributed by atoms with Gasteiger partial charge in [0, 0.05) is 56.2 Å². The van der Waals surface area contributed by atoms with Crippen LogP contribution in [0.4, 0.5) is 0 Å². The minimum atomic E-state index is 0.667. The van der Waals surface area contributed by atoms with E-state index in [0.717, 1.165) is 105 Å². The van der Waals surface area contributed by atoms with Crippen molar-refractivity contribution in [3.05, 3.63) is 188 Å². The first kappa shape index (κ1) is 31.9. The molecule has 0 radical (unpaired) electrons. The van der Waals surface area contributed by atoms with Gasteiger partial charge in [-0.3, -0.25) is 4.98 Å². The summed E-state index contributed by atoms with van der Waals surface area (Å²) < 4.78 is 12.9. The lowest BCUT2D eigenvalue weighted by Gasteiger charge is -2.13. The largest absolute Gasteiger partial charge is 0.456 e. The quantitative estimate of drug-likeness (QED) is 0.171. The molecule has 0 atom stereocenters. The van der Waals surface area contributed by atoms with Gasteiger partial charge in [-0.05, 0) is 76.3 Å². The van der Waals surface area contributed by atoms with E-state index in [0.29, 0.717) is 5.82 Å². The predicted octanol–water partition coefficient (Wildman–Crippen LogP) is 13.7. The van der Waals surface area contributed by atoms with Gasteiger partial charge in [0.1, 0.15) is 22.3 Å². The van der Waals surface area contributed by atoms with E-state index < -0.39 is 0 Å². The molecule has 5 heteroatoms. The van der Waals surface area contributed by atoms with E-state index in [2.05, 4.69) is 108 Å². The van der Waals surface area contributed by atoms with Gasteiger partial charge >= 0.3 is 0 Å². The number of benzene rings is 7. The number of nitrogens with zero attached hydrogens (tertiary/aromatic N) is 3. The summed E-state index contributed by atoms with van der Waals surface area (Å²) in [5.74, 6) is 0.667. The molecular weight excluding hydrogens is 687 g/mol. The molecule has 0 unspecified atom stereocenters. The summed E-state index contributed by atoms with van der Waals surface area (Å²) >= 11 is 0. The van der Waals surface area contributed by atoms with Gasteiger partial charge in [-0.2, -0.15) is 0 Å². The summed E-state index contributed by atoms with van der Waals surface area (Å²) in [6.45, 7) is 0. The SMILES string of the molecule is c1ccc(-c2cc(-c3ccc(-c4ccc(-c5ccc6c(c5)oc5ccccc56)c5oc6ccccc6c45)cc3)nc(-c3ccccc3-c3ccncc3)n2)cc1. The molecule has 11 aromatic rings. The molecule has 7 aromatic carbocycles. The third-order valence-corrected chi connectivity index (χ3v) is 10.7. The highest BCUT2D eigenvalue weighted by Crippen LogP contribution is 2.43. The van der Waals surface area contributed by atoms with Crippen molar-refractivity contribution in [2.24, 2.45) is 0 Å². The van der Waals surface area contributed by atoms with Gasteiger partial charge in [0.05, 0.1) is 11.4 Å². The Hall–Kier alpha value is -7.63. The Morgan fingerprint density at radius 3 is 1.70 bits per heavy atom. The van der Waals surface area contributed by atoms with Gasteiger partial charge in [0.15, 0.2) is 5.82 Å². The summed E-state index contributed by atoms with van der Waals surface area (Å²) in [5, 5.41) is 4.38. The maximum atomic E-state index is 6.67. The fourth-order valence-corrected chi connectivity index (χ4v) is 7.94. The first-order valence-electron chi connectivity index (χ1n) is 18.7. The number of fused-ring (bicyclic) bond motifs is 6. The van der Waals surface area contributed by atoms with E-state index >= 15 is 0 Å². The summed E-state index contributed by atoms with van der Waals surface area (Å²) in [6, 6.07) is 60.6. The van der Waals surface area contributed by atoms with Crippen LogP contribution in [0.3, 0.4) is 0 Å². The Labute approximate surface area is 322 Å². The predicted molar refractivity (Wildman–Crippen MR) is 227 cm³/mol. The molecule has 0 saturated carbocycles. The second-order valence-electron chi connectivity index (χ2n) is 14.0. The monoisotopic (exact) mass is 717 g/mol. The molecule has 0 N–H and O–H groups in total. The molecule has 0 aliphatic rings. The van der Waals surface area contributed by atoms with Gasteiger partial charge in [-0.25, -0.2) is 9.97 Å². The van der Waals surface area contributed by atoms with E-state index in [1.54, 1.807) is 0 Å². The molecule has 0 aliphatic heterocycles. The lowest BCUT2D eigenvalue weighted by molar-refractivity contribution is 0.668. The Balaban J connectivity index is 1.03. The van der Waals surface area contributed by atoms with Crippen LogP contribution in [0.15, 0.2) is 197 Å². The smallest absolute Gasteiger partial charge is 0.161 e. The lowest BCUT2D eigenvalue weighted by Crippen LogP contribution is -1.97. The topological polar surface area (TPSA) is 65.0 Å². The molecule has 262 valence electrons. The number of pyridine rings is 1. The van der Waals surface area contributed by atoms with Gasteiger partial charge in [-0.15, -0.1) is 0 Å². The van der Waals surface area contributed by atoms with Gasteiger partial charge in [0.25, 0.3) is 0 Å². The van der Waals surface area contributed by atoms with Gasteiger partial charge in [-0.1, -0.05) is 127 Å². The van der Waals surface area contributed by atoms with Crippen molar-refractivity contribution < 1.29 is 8.83 Å². The number of furan rings is 2. The molecular formula is C51H31N3O2. The Kier molecular flexibility index (Phi) is 7.42. The Morgan fingerprint density at radius 1 is 0.339 bits per heavy atom. The summed E-state index contributed by atoms with van der Waals surface area (Å²) in [6.07, 6.45) is 3.63. The van der Waals surface area contributed by atoms with E-state index in [4.69, 9.17) is 18.8 Å². The zero-order valence-corrected chi connectivity index (χ0v) is 30.1. The van der Waals surface area contributed by atoms with Crippen LogP contribution in [0.25, 0.3) is 111 Å². The van der Waals surface area contributed by atoms with E-state index in [1.165, 1.54) is 0 Å². The molecule has 0 spiro atoms. The highest BCUT2D eigenvalue weighted by atomic mass is 16.3. The number of hydrogen-bond donors (Lipinski definition) is 0. The molecule has 4 aromatic heterocycles. The van der Waals surface area contributed by atoms with Crippen LogP contribution in [0.2, 0.25) is 0 Å². The molecule has 0 amide bonds. The van der Waals surface area contributed by atoms with Crippen molar-refractivity contribution in [1.29, 1.82) is 0 Å². The number of hydrogen-bond acceptors (Lipinski definition) is 5. The Morgan fingerprint density at radius 2 is 0.911 bits per heavy atom. The van der Waals surface area contributed by atoms with E-state index in [9.17, 15) is 0 Å². The average molecular weight is 718 g/mol. The molecule has 11 rings (SSSR count). The second kappa shape index (κ2) is 13.0. The first-order chi connectivity index (χ1) is 27.7. The van der Waals surface area contributed by atoms with Crippen molar-refractivity contribution in [3.8, 4) is 67.3 Å². The molecule has 56 heavy (non-hydrogen) atoms. The van der Waals surface area contributed by atoms with Gasteiger partial charge < -0.3 is 8.83 Å². The third kappa shape index (κ3) is 5.37. The number of para-hydroxylation sites is 2. The standard InChI is InChI=1S/C51H31N3O2/c1-2-10-34(11-3-1)44-31-45(54-51(53-44)42-14-5-4-12-37(42)33-26-28-52-29-27-33)35-20-18-32(19-21-35)38-24-25-39(50-49(38)43-15-7-9-17-47(43)56-50)36-22-23-41-40-13-6-8-16-46(40)55-48(41)30-36/h1-31H. The molecule has 5 nitrogen and oxygen atoms in total. The number of rotatable bonds is 6. The van der Waals surface area contributed by atoms with Crippen LogP contribution < -0.4 is 0 Å². The second-order valence-corrected chi connectivity index (χ2v) is 14.0. The minimum Gasteiger partial charge on any atom is -0.456 e. The highest BCUT2D eigenvalue weighted by molar-refractivity contribution is 6.17. The highest BCUT2D eigenvalue weighted by Gasteiger charge is 2.19. The normalized spacial score (nSPS) is 11.6. The summed E-state index contributed by atoms with van der Waals surface area (Å²) in [5.41, 5.74) is 14.5. The Bertz CT molecular complexity index is 3240. The maximum Gasteiger partial charge on any atom is 0.161 e. The van der Waals surface area contributed by atoms with Crippen molar-refractivity contribution in [3.63, 3.8) is 0 Å². The fourth-order valence-electron chi connectivity index (χ4n) is 7.94. The zero-order valence-electron chi connectivity index (χ0n) is 30.1. The molecule has 0 saturated heterocycles. The van der Waals surface area contributed by atoms with Crippen LogP contribution in [-0.2, 0) is 0 Å². The van der Waals surface area contributed by atoms with Crippen LogP contribution in [-0.4, -0.2) is 15.0 Å². The summed E-state index contributed by atoms with van der Waals surface area (Å²) in [7, 11) is 0. The fraction of sp³-hybridized carbons (Fsp3) is 0. The molecule has 0 fully saturated rings. The molecule has 0 aliphatic carbocycles. The molecule has 4 heterocycles. The van der Waals surface area contributed by atoms with Crippen LogP contribution in [0, 0.1) is 0 Å². The summed E-state index contributed by atoms with van der Waals surface area (Å²) in [4.78, 5) is 14.6. The van der Waals surface area contributed by atoms with Crippen molar-refractivity contribution in [2.75, 3.05) is 0 Å². The third-order valence-electron chi connectivity index (χ3n) is 10.7. The maximum absolute atomic E-state index is 6.67. The number of aromatic nitrogens is 3. The first-order valence-corrected chi connectivity index (χ1v) is 18.7. The van der Waals surface area contributed by atoms with E-state index in [-0.39, 0.29) is 0 Å². The average Bonchev–Trinajstić information content (AvgIpc) is 3.85. The van der Waals surface area contributed by atoms with Crippen molar-refractivity contribution in [2.45, 2.75) is 0 Å². The van der Waals surface area contributed by atoms with Crippen LogP contribution >= 0.6 is 0 Å². The van der Waals surface area contributed by atoms with Crippen molar-refractivity contribution in [1.82, 2.24) is 15.0 Å². The molecule has 0 bridgehead atoms. The lowest BCUT2D eigenvalue weighted by atomic mass is 9.93. The van der Waals surface area contributed by atoms with Gasteiger partial charge in [0.2, 0.25) is 0 Å². The van der Waals surface area contributed by atoms with Crippen molar-refractivity contribution >= 4 is 43.9 Å². The van der Waals surface area contributed by atoms with Crippen LogP contribution in [0.1, 0.15) is 0 Å². The zero-order chi connectivity index (χ0) is 37.0. The van der Waals surface area contributed by atoms with E-state index in [1.807, 2.05) is 85.2 Å². The minimum absolute atomic E-state index is 0.667. The van der Waals surface area contributed by atoms with Crippen LogP contribution in [0.5, 0.6) is 0 Å².